The van der Waals surface area contributed by atoms with Gasteiger partial charge in [0.25, 0.3) is 10.0 Å². The zero-order chi connectivity index (χ0) is 34.1. The predicted octanol–water partition coefficient (Wildman–Crippen LogP) is 7.06. The maximum Gasteiger partial charge on any atom is 0.264 e. The van der Waals surface area contributed by atoms with E-state index >= 15 is 0 Å². The van der Waals surface area contributed by atoms with Crippen molar-refractivity contribution in [3.05, 3.63) is 124 Å². The third-order valence-electron chi connectivity index (χ3n) is 7.86. The number of amides is 2. The molecule has 4 aromatic rings. The molecule has 0 aromatic heterocycles. The Morgan fingerprint density at radius 1 is 0.872 bits per heavy atom. The van der Waals surface area contributed by atoms with Crippen LogP contribution in [0.5, 0.6) is 5.75 Å². The molecule has 0 bridgehead atoms. The van der Waals surface area contributed by atoms with Gasteiger partial charge in [-0.1, -0.05) is 84.2 Å². The number of anilines is 1. The van der Waals surface area contributed by atoms with Gasteiger partial charge < -0.3 is 15.0 Å². The van der Waals surface area contributed by atoms with E-state index in [2.05, 4.69) is 5.32 Å². The van der Waals surface area contributed by atoms with Gasteiger partial charge in [-0.3, -0.25) is 13.9 Å². The molecule has 11 heteroatoms. The van der Waals surface area contributed by atoms with Crippen molar-refractivity contribution in [2.75, 3.05) is 18.0 Å². The average molecular weight is 697 g/mol. The largest absolute Gasteiger partial charge is 0.497 e. The molecule has 0 aliphatic rings. The molecule has 0 saturated carbocycles. The maximum atomic E-state index is 14.6. The molecule has 248 valence electrons. The van der Waals surface area contributed by atoms with Gasteiger partial charge in [-0.25, -0.2) is 8.42 Å². The van der Waals surface area contributed by atoms with Gasteiger partial charge in [-0.15, -0.1) is 0 Å². The number of benzene rings is 4. The number of hydrogen-bond acceptors (Lipinski definition) is 5. The predicted molar refractivity (Wildman–Crippen MR) is 188 cm³/mol. The minimum Gasteiger partial charge on any atom is -0.497 e. The van der Waals surface area contributed by atoms with Crippen molar-refractivity contribution < 1.29 is 22.7 Å². The van der Waals surface area contributed by atoms with Gasteiger partial charge in [-0.2, -0.15) is 0 Å². The van der Waals surface area contributed by atoms with Crippen molar-refractivity contribution >= 4 is 50.7 Å². The fourth-order valence-corrected chi connectivity index (χ4v) is 6.68. The first kappa shape index (κ1) is 35.8. The van der Waals surface area contributed by atoms with Crippen molar-refractivity contribution in [2.45, 2.75) is 57.1 Å². The van der Waals surface area contributed by atoms with Crippen LogP contribution < -0.4 is 14.4 Å². The van der Waals surface area contributed by atoms with E-state index in [4.69, 9.17) is 27.9 Å². The van der Waals surface area contributed by atoms with Gasteiger partial charge in [0.2, 0.25) is 11.8 Å². The SMILES string of the molecule is CC[C@@H](C)NC(=O)[C@H](Cc1ccccc1)N(Cc1ccc(Cl)c(Cl)c1)C(=O)CN(c1ccc(OC)cc1)S(=O)(=O)c1ccc(C)cc1. The van der Waals surface area contributed by atoms with Crippen LogP contribution in [0.2, 0.25) is 10.0 Å². The topological polar surface area (TPSA) is 96.0 Å². The van der Waals surface area contributed by atoms with Crippen LogP contribution in [0.15, 0.2) is 102 Å². The van der Waals surface area contributed by atoms with Crippen LogP contribution in [0.1, 0.15) is 37.0 Å². The summed E-state index contributed by atoms with van der Waals surface area (Å²) in [5.74, 6) is -0.407. The van der Waals surface area contributed by atoms with Crippen molar-refractivity contribution in [3.63, 3.8) is 0 Å². The summed E-state index contributed by atoms with van der Waals surface area (Å²) in [6.45, 7) is 5.11. The van der Waals surface area contributed by atoms with Crippen LogP contribution in [-0.4, -0.2) is 50.9 Å². The number of rotatable bonds is 14. The third kappa shape index (κ3) is 9.28. The molecule has 0 unspecified atom stereocenters. The van der Waals surface area contributed by atoms with Crippen LogP contribution in [0.25, 0.3) is 0 Å². The summed E-state index contributed by atoms with van der Waals surface area (Å²) < 4.78 is 34.7. The van der Waals surface area contributed by atoms with E-state index < -0.39 is 28.5 Å². The first-order chi connectivity index (χ1) is 22.4. The lowest BCUT2D eigenvalue weighted by Crippen LogP contribution is -2.54. The van der Waals surface area contributed by atoms with Gasteiger partial charge in [0.05, 0.1) is 27.7 Å². The number of hydrogen-bond donors (Lipinski definition) is 1. The van der Waals surface area contributed by atoms with Gasteiger partial charge in [0.1, 0.15) is 18.3 Å². The summed E-state index contributed by atoms with van der Waals surface area (Å²) in [4.78, 5) is 30.0. The van der Waals surface area contributed by atoms with Crippen LogP contribution in [-0.2, 0) is 32.6 Å². The highest BCUT2D eigenvalue weighted by Crippen LogP contribution is 2.28. The fourth-order valence-electron chi connectivity index (χ4n) is 4.94. The summed E-state index contributed by atoms with van der Waals surface area (Å²) in [7, 11) is -2.71. The highest BCUT2D eigenvalue weighted by atomic mass is 35.5. The van der Waals surface area contributed by atoms with E-state index in [9.17, 15) is 18.0 Å². The Morgan fingerprint density at radius 2 is 1.53 bits per heavy atom. The number of halogens is 2. The number of carbonyl (C=O) groups is 2. The third-order valence-corrected chi connectivity index (χ3v) is 10.4. The smallest absolute Gasteiger partial charge is 0.264 e. The second-order valence-electron chi connectivity index (χ2n) is 11.3. The number of ether oxygens (including phenoxy) is 1. The first-order valence-corrected chi connectivity index (χ1v) is 17.4. The first-order valence-electron chi connectivity index (χ1n) is 15.2. The molecule has 1 N–H and O–H groups in total. The molecule has 0 spiro atoms. The molecule has 47 heavy (non-hydrogen) atoms. The molecule has 4 rings (SSSR count). The zero-order valence-corrected chi connectivity index (χ0v) is 29.1. The summed E-state index contributed by atoms with van der Waals surface area (Å²) in [5, 5.41) is 3.66. The number of methoxy groups -OCH3 is 1. The summed E-state index contributed by atoms with van der Waals surface area (Å²) in [6.07, 6.45) is 0.883. The Hall–Kier alpha value is -4.05. The zero-order valence-electron chi connectivity index (χ0n) is 26.8. The Morgan fingerprint density at radius 3 is 2.13 bits per heavy atom. The monoisotopic (exact) mass is 695 g/mol. The van der Waals surface area contributed by atoms with E-state index in [0.717, 1.165) is 15.4 Å². The fraction of sp³-hybridized carbons (Fsp3) is 0.278. The Bertz CT molecular complexity index is 1770. The van der Waals surface area contributed by atoms with Crippen molar-refractivity contribution in [1.29, 1.82) is 0 Å². The minimum absolute atomic E-state index is 0.0256. The van der Waals surface area contributed by atoms with Gasteiger partial charge in [0, 0.05) is 19.0 Å². The summed E-state index contributed by atoms with van der Waals surface area (Å²) >= 11 is 12.5. The standard InChI is InChI=1S/C36H39Cl2N3O5S/c1-5-26(3)39-36(43)34(22-27-9-7-6-8-10-27)40(23-28-13-20-32(37)33(38)21-28)35(42)24-41(29-14-16-30(46-4)17-15-29)47(44,45)31-18-11-25(2)12-19-31/h6-21,26,34H,5,22-24H2,1-4H3,(H,39,43)/t26-,34+/m1/s1. The molecule has 2 atom stereocenters. The van der Waals surface area contributed by atoms with E-state index in [1.54, 1.807) is 54.6 Å². The van der Waals surface area contributed by atoms with Crippen molar-refractivity contribution in [1.82, 2.24) is 10.2 Å². The number of nitrogens with one attached hydrogen (secondary N) is 1. The quantitative estimate of drug-likeness (QED) is 0.152. The maximum absolute atomic E-state index is 14.6. The molecule has 4 aromatic carbocycles. The lowest BCUT2D eigenvalue weighted by Gasteiger charge is -2.34. The highest BCUT2D eigenvalue weighted by Gasteiger charge is 2.35. The number of nitrogens with zero attached hydrogens (tertiary/aromatic N) is 2. The number of carbonyl (C=O) groups excluding carboxylic acids is 2. The summed E-state index contributed by atoms with van der Waals surface area (Å²) in [5.41, 5.74) is 2.61. The van der Waals surface area contributed by atoms with Gasteiger partial charge in [-0.05, 0) is 79.9 Å². The molecule has 0 aliphatic heterocycles. The minimum atomic E-state index is -4.23. The van der Waals surface area contributed by atoms with Crippen LogP contribution in [0.3, 0.4) is 0 Å². The molecule has 2 amide bonds. The molecule has 8 nitrogen and oxygen atoms in total. The summed E-state index contributed by atoms with van der Waals surface area (Å²) in [6, 6.07) is 26.1. The second kappa shape index (κ2) is 16.2. The van der Waals surface area contributed by atoms with E-state index in [-0.39, 0.29) is 35.5 Å². The lowest BCUT2D eigenvalue weighted by molar-refractivity contribution is -0.140. The average Bonchev–Trinajstić information content (AvgIpc) is 3.07. The Kier molecular flexibility index (Phi) is 12.3. The van der Waals surface area contributed by atoms with Gasteiger partial charge >= 0.3 is 0 Å². The van der Waals surface area contributed by atoms with E-state index in [0.29, 0.717) is 27.8 Å². The van der Waals surface area contributed by atoms with Crippen molar-refractivity contribution in [2.24, 2.45) is 0 Å². The number of aryl methyl sites for hydroxylation is 1. The number of sulfonamides is 1. The van der Waals surface area contributed by atoms with Crippen molar-refractivity contribution in [3.8, 4) is 5.75 Å². The van der Waals surface area contributed by atoms with E-state index in [1.165, 1.54) is 24.1 Å². The molecule has 0 fully saturated rings. The molecule has 0 aliphatic carbocycles. The molecule has 0 radical (unpaired) electrons. The molecular formula is C36H39Cl2N3O5S. The Labute approximate surface area is 287 Å². The Balaban J connectivity index is 1.82. The normalized spacial score (nSPS) is 12.6. The van der Waals surface area contributed by atoms with Crippen LogP contribution in [0, 0.1) is 6.92 Å². The highest BCUT2D eigenvalue weighted by molar-refractivity contribution is 7.92. The van der Waals surface area contributed by atoms with Crippen LogP contribution >= 0.6 is 23.2 Å². The van der Waals surface area contributed by atoms with Crippen LogP contribution in [0.4, 0.5) is 5.69 Å². The lowest BCUT2D eigenvalue weighted by atomic mass is 10.0. The second-order valence-corrected chi connectivity index (χ2v) is 14.0. The molecule has 0 saturated heterocycles. The molecular weight excluding hydrogens is 657 g/mol. The molecule has 0 heterocycles. The van der Waals surface area contributed by atoms with Gasteiger partial charge in [0.15, 0.2) is 0 Å². The van der Waals surface area contributed by atoms with E-state index in [1.807, 2.05) is 51.1 Å².